The van der Waals surface area contributed by atoms with Gasteiger partial charge >= 0.3 is 0 Å². The standard InChI is InChI=1S/C29H34N4O/c1-18(2)16-34-25-8-6-7-20-26-19-11-13-30-23(19)10-9-21(26)27-22-15-32(17-29(3,4)5)14-12-24(22)31-33(27)28(20)25/h6-11,13,18,31H,12,14-17H2,1-5H3. The molecule has 0 atom stereocenters. The van der Waals surface area contributed by atoms with E-state index < -0.39 is 0 Å². The second-order valence-corrected chi connectivity index (χ2v) is 11.5. The van der Waals surface area contributed by atoms with Crippen molar-refractivity contribution < 1.29 is 4.74 Å². The van der Waals surface area contributed by atoms with Gasteiger partial charge in [-0.3, -0.25) is 19.5 Å². The summed E-state index contributed by atoms with van der Waals surface area (Å²) in [5, 5.41) is 8.77. The number of nitrogens with zero attached hydrogens (tertiary/aromatic N) is 3. The summed E-state index contributed by atoms with van der Waals surface area (Å²) < 4.78 is 8.69. The number of para-hydroxylation sites is 1. The molecule has 5 heteroatoms. The van der Waals surface area contributed by atoms with Gasteiger partial charge in [0.1, 0.15) is 11.3 Å². The summed E-state index contributed by atoms with van der Waals surface area (Å²) in [5.41, 5.74) is 6.48. The van der Waals surface area contributed by atoms with Crippen molar-refractivity contribution in [2.45, 2.75) is 47.6 Å². The summed E-state index contributed by atoms with van der Waals surface area (Å²) in [5.74, 6) is 1.40. The topological polar surface area (TPSA) is 45.6 Å². The second kappa shape index (κ2) is 7.74. The average Bonchev–Trinajstić information content (AvgIpc) is 3.40. The largest absolute Gasteiger partial charge is 0.491 e. The third kappa shape index (κ3) is 3.45. The molecular weight excluding hydrogens is 420 g/mol. The maximum atomic E-state index is 6.38. The Bertz CT molecular complexity index is 1530. The van der Waals surface area contributed by atoms with E-state index >= 15 is 0 Å². The number of hydrogen-bond donors (Lipinski definition) is 1. The molecule has 0 aliphatic carbocycles. The van der Waals surface area contributed by atoms with Crippen molar-refractivity contribution in [3.05, 3.63) is 53.9 Å². The maximum absolute atomic E-state index is 6.38. The minimum absolute atomic E-state index is 0.274. The predicted octanol–water partition coefficient (Wildman–Crippen LogP) is 6.56. The van der Waals surface area contributed by atoms with E-state index in [9.17, 15) is 0 Å². The number of fused-ring (bicyclic) bond motifs is 10. The zero-order valence-electron chi connectivity index (χ0n) is 20.9. The minimum Gasteiger partial charge on any atom is -0.491 e. The number of rotatable bonds is 4. The van der Waals surface area contributed by atoms with Crippen LogP contribution in [0.2, 0.25) is 0 Å². The minimum atomic E-state index is 0.274. The van der Waals surface area contributed by atoms with Crippen LogP contribution in [0.15, 0.2) is 42.6 Å². The SMILES string of the molecule is CC(C)COc1cccc2c3c4ccnc4ccc3c3c4c([nH]n3c12)CCN(CC(C)(C)C)C4. The highest BCUT2D eigenvalue weighted by Gasteiger charge is 2.27. The lowest BCUT2D eigenvalue weighted by molar-refractivity contribution is 0.177. The normalized spacial score (nSPS) is 15.2. The van der Waals surface area contributed by atoms with Gasteiger partial charge in [0.05, 0.1) is 17.6 Å². The van der Waals surface area contributed by atoms with Gasteiger partial charge in [-0.25, -0.2) is 0 Å². The maximum Gasteiger partial charge on any atom is 0.145 e. The number of H-pyrrole nitrogens is 1. The molecule has 6 rings (SSSR count). The summed E-state index contributed by atoms with van der Waals surface area (Å²) in [6.07, 6.45) is 2.95. The molecule has 0 amide bonds. The molecule has 5 nitrogen and oxygen atoms in total. The Balaban J connectivity index is 1.69. The predicted molar refractivity (Wildman–Crippen MR) is 141 cm³/mol. The van der Waals surface area contributed by atoms with E-state index in [1.54, 1.807) is 0 Å². The number of ether oxygens (including phenoxy) is 1. The summed E-state index contributed by atoms with van der Waals surface area (Å²) in [6.45, 7) is 15.2. The van der Waals surface area contributed by atoms with Crippen molar-refractivity contribution in [3.8, 4) is 5.75 Å². The fourth-order valence-corrected chi connectivity index (χ4v) is 5.64. The molecule has 1 N–H and O–H groups in total. The number of aromatic amines is 1. The number of benzene rings is 2. The Morgan fingerprint density at radius 3 is 2.65 bits per heavy atom. The van der Waals surface area contributed by atoms with Gasteiger partial charge in [0, 0.05) is 65.1 Å². The molecule has 0 bridgehead atoms. The van der Waals surface area contributed by atoms with E-state index in [1.807, 2.05) is 6.20 Å². The smallest absolute Gasteiger partial charge is 0.145 e. The zero-order chi connectivity index (χ0) is 23.6. The molecule has 0 saturated heterocycles. The van der Waals surface area contributed by atoms with Crippen LogP contribution in [-0.4, -0.2) is 39.2 Å². The quantitative estimate of drug-likeness (QED) is 0.313. The van der Waals surface area contributed by atoms with Gasteiger partial charge in [0.25, 0.3) is 0 Å². The molecule has 0 unspecified atom stereocenters. The fourth-order valence-electron chi connectivity index (χ4n) is 5.64. The lowest BCUT2D eigenvalue weighted by Gasteiger charge is -2.32. The highest BCUT2D eigenvalue weighted by Crippen LogP contribution is 2.40. The van der Waals surface area contributed by atoms with Gasteiger partial charge in [0.2, 0.25) is 0 Å². The van der Waals surface area contributed by atoms with Crippen molar-refractivity contribution in [2.75, 3.05) is 19.7 Å². The molecule has 1 aliphatic rings. The summed E-state index contributed by atoms with van der Waals surface area (Å²) in [7, 11) is 0. The Kier molecular flexibility index (Phi) is 4.89. The number of hydrogen-bond acceptors (Lipinski definition) is 3. The van der Waals surface area contributed by atoms with Crippen LogP contribution in [0.4, 0.5) is 0 Å². The van der Waals surface area contributed by atoms with Crippen LogP contribution in [0.3, 0.4) is 0 Å². The Hall–Kier alpha value is -3.05. The van der Waals surface area contributed by atoms with E-state index in [0.29, 0.717) is 12.5 Å². The highest BCUT2D eigenvalue weighted by molar-refractivity contribution is 6.24. The van der Waals surface area contributed by atoms with Crippen LogP contribution in [0.1, 0.15) is 45.9 Å². The third-order valence-corrected chi connectivity index (χ3v) is 6.87. The molecule has 34 heavy (non-hydrogen) atoms. The van der Waals surface area contributed by atoms with Gasteiger partial charge in [-0.15, -0.1) is 0 Å². The van der Waals surface area contributed by atoms with Crippen molar-refractivity contribution in [3.63, 3.8) is 0 Å². The van der Waals surface area contributed by atoms with Gasteiger partial charge in [-0.1, -0.05) is 46.8 Å². The Morgan fingerprint density at radius 1 is 1.03 bits per heavy atom. The number of nitrogens with one attached hydrogen (secondary N) is 1. The molecule has 3 aromatic heterocycles. The molecule has 0 saturated carbocycles. The molecule has 0 spiro atoms. The third-order valence-electron chi connectivity index (χ3n) is 6.87. The molecule has 5 aromatic rings. The van der Waals surface area contributed by atoms with E-state index in [4.69, 9.17) is 4.74 Å². The Morgan fingerprint density at radius 2 is 1.85 bits per heavy atom. The van der Waals surface area contributed by atoms with Gasteiger partial charge in [-0.05, 0) is 35.6 Å². The van der Waals surface area contributed by atoms with E-state index in [-0.39, 0.29) is 5.41 Å². The second-order valence-electron chi connectivity index (χ2n) is 11.5. The van der Waals surface area contributed by atoms with Gasteiger partial charge in [-0.2, -0.15) is 0 Å². The first-order chi connectivity index (χ1) is 16.3. The van der Waals surface area contributed by atoms with Crippen molar-refractivity contribution in [1.29, 1.82) is 0 Å². The van der Waals surface area contributed by atoms with Crippen molar-refractivity contribution >= 4 is 38.1 Å². The molecule has 1 aliphatic heterocycles. The first-order valence-corrected chi connectivity index (χ1v) is 12.5. The van der Waals surface area contributed by atoms with E-state index in [0.717, 1.165) is 42.8 Å². The summed E-state index contributed by atoms with van der Waals surface area (Å²) in [4.78, 5) is 7.22. The average molecular weight is 455 g/mol. The van der Waals surface area contributed by atoms with Crippen molar-refractivity contribution in [1.82, 2.24) is 19.5 Å². The molecule has 176 valence electrons. The Labute approximate surface area is 200 Å². The first kappa shape index (κ1) is 21.5. The van der Waals surface area contributed by atoms with Crippen LogP contribution in [0.25, 0.3) is 38.1 Å². The zero-order valence-corrected chi connectivity index (χ0v) is 20.9. The van der Waals surface area contributed by atoms with Gasteiger partial charge in [0.15, 0.2) is 0 Å². The van der Waals surface area contributed by atoms with Crippen molar-refractivity contribution in [2.24, 2.45) is 11.3 Å². The van der Waals surface area contributed by atoms with Crippen LogP contribution in [-0.2, 0) is 13.0 Å². The molecular formula is C29H34N4O. The molecule has 4 heterocycles. The van der Waals surface area contributed by atoms with E-state index in [2.05, 4.69) is 90.5 Å². The fraction of sp³-hybridized carbons (Fsp3) is 0.414. The lowest BCUT2D eigenvalue weighted by Crippen LogP contribution is -2.36. The molecule has 0 radical (unpaired) electrons. The van der Waals surface area contributed by atoms with Crippen LogP contribution in [0, 0.1) is 11.3 Å². The monoisotopic (exact) mass is 454 g/mol. The highest BCUT2D eigenvalue weighted by atomic mass is 16.5. The molecule has 0 fully saturated rings. The summed E-state index contributed by atoms with van der Waals surface area (Å²) in [6, 6.07) is 13.0. The number of aromatic nitrogens is 3. The summed E-state index contributed by atoms with van der Waals surface area (Å²) >= 11 is 0. The first-order valence-electron chi connectivity index (χ1n) is 12.5. The van der Waals surface area contributed by atoms with Gasteiger partial charge < -0.3 is 4.74 Å². The number of pyridine rings is 1. The van der Waals surface area contributed by atoms with Crippen LogP contribution in [0.5, 0.6) is 5.75 Å². The lowest BCUT2D eigenvalue weighted by atomic mass is 9.93. The van der Waals surface area contributed by atoms with Crippen LogP contribution >= 0.6 is 0 Å². The van der Waals surface area contributed by atoms with E-state index in [1.165, 1.54) is 38.3 Å². The van der Waals surface area contributed by atoms with Crippen LogP contribution < -0.4 is 4.74 Å². The molecule has 2 aromatic carbocycles.